The largest absolute Gasteiger partial charge is 0.471 e. The van der Waals surface area contributed by atoms with Crippen molar-refractivity contribution in [2.24, 2.45) is 11.8 Å². The Bertz CT molecular complexity index is 488. The van der Waals surface area contributed by atoms with Crippen molar-refractivity contribution in [2.75, 3.05) is 11.9 Å². The molecule has 0 saturated heterocycles. The van der Waals surface area contributed by atoms with Gasteiger partial charge in [-0.2, -0.15) is 13.2 Å². The van der Waals surface area contributed by atoms with E-state index >= 15 is 0 Å². The second-order valence-electron chi connectivity index (χ2n) is 5.26. The molecule has 1 fully saturated rings. The molecule has 0 radical (unpaired) electrons. The number of carbonyl (C=O) groups is 1. The molecular formula is C14H17F3N2O. The number of rotatable bonds is 5. The Hall–Kier alpha value is -1.56. The molecule has 1 aromatic carbocycles. The fourth-order valence-corrected chi connectivity index (χ4v) is 2.05. The first kappa shape index (κ1) is 14.8. The van der Waals surface area contributed by atoms with Crippen molar-refractivity contribution in [1.29, 1.82) is 0 Å². The van der Waals surface area contributed by atoms with E-state index in [-0.39, 0.29) is 5.69 Å². The third-order valence-electron chi connectivity index (χ3n) is 3.45. The molecule has 1 saturated carbocycles. The fraction of sp³-hybridized carbons (Fsp3) is 0.500. The third-order valence-corrected chi connectivity index (χ3v) is 3.45. The summed E-state index contributed by atoms with van der Waals surface area (Å²) in [6.07, 6.45) is -3.63. The first-order valence-electron chi connectivity index (χ1n) is 6.54. The van der Waals surface area contributed by atoms with E-state index in [1.54, 1.807) is 12.1 Å². The van der Waals surface area contributed by atoms with E-state index in [1.807, 2.05) is 11.4 Å². The zero-order valence-corrected chi connectivity index (χ0v) is 11.1. The molecule has 0 heterocycles. The van der Waals surface area contributed by atoms with Crippen LogP contribution in [0.4, 0.5) is 18.9 Å². The summed E-state index contributed by atoms with van der Waals surface area (Å²) in [4.78, 5) is 10.8. The van der Waals surface area contributed by atoms with Crippen LogP contribution in [0.15, 0.2) is 24.3 Å². The summed E-state index contributed by atoms with van der Waals surface area (Å²) in [5.41, 5.74) is 1.00. The van der Waals surface area contributed by atoms with Gasteiger partial charge in [0.15, 0.2) is 0 Å². The summed E-state index contributed by atoms with van der Waals surface area (Å²) >= 11 is 0. The number of alkyl halides is 3. The molecule has 1 aromatic rings. The van der Waals surface area contributed by atoms with Crippen LogP contribution in [-0.2, 0) is 11.3 Å². The van der Waals surface area contributed by atoms with Crippen molar-refractivity contribution < 1.29 is 18.0 Å². The predicted molar refractivity (Wildman–Crippen MR) is 70.1 cm³/mol. The van der Waals surface area contributed by atoms with E-state index in [4.69, 9.17) is 0 Å². The summed E-state index contributed by atoms with van der Waals surface area (Å²) in [7, 11) is 0. The topological polar surface area (TPSA) is 41.1 Å². The lowest BCUT2D eigenvalue weighted by Gasteiger charge is -2.10. The van der Waals surface area contributed by atoms with Gasteiger partial charge in [-0.3, -0.25) is 4.79 Å². The molecule has 0 aliphatic heterocycles. The zero-order valence-electron chi connectivity index (χ0n) is 11.1. The Labute approximate surface area is 115 Å². The number of amides is 1. The van der Waals surface area contributed by atoms with Crippen LogP contribution in [0.2, 0.25) is 0 Å². The minimum Gasteiger partial charge on any atom is -0.318 e. The van der Waals surface area contributed by atoms with Gasteiger partial charge in [-0.1, -0.05) is 19.1 Å². The molecule has 1 aliphatic rings. The molecule has 0 spiro atoms. The first-order chi connectivity index (χ1) is 9.36. The Morgan fingerprint density at radius 1 is 1.40 bits per heavy atom. The molecule has 110 valence electrons. The molecule has 20 heavy (non-hydrogen) atoms. The SMILES string of the molecule is CC1CC1CNCc1cccc(NC(=O)C(F)(F)F)c1. The van der Waals surface area contributed by atoms with Crippen LogP contribution >= 0.6 is 0 Å². The molecular weight excluding hydrogens is 269 g/mol. The molecule has 2 N–H and O–H groups in total. The molecule has 2 rings (SSSR count). The second-order valence-corrected chi connectivity index (χ2v) is 5.26. The fourth-order valence-electron chi connectivity index (χ4n) is 2.05. The van der Waals surface area contributed by atoms with Gasteiger partial charge in [-0.05, 0) is 42.5 Å². The highest BCUT2D eigenvalue weighted by Gasteiger charge is 2.38. The lowest BCUT2D eigenvalue weighted by atomic mass is 10.2. The second kappa shape index (κ2) is 5.83. The zero-order chi connectivity index (χ0) is 14.8. The summed E-state index contributed by atoms with van der Waals surface area (Å²) < 4.78 is 36.4. The van der Waals surface area contributed by atoms with E-state index < -0.39 is 12.1 Å². The van der Waals surface area contributed by atoms with Gasteiger partial charge in [0.05, 0.1) is 0 Å². The van der Waals surface area contributed by atoms with Gasteiger partial charge < -0.3 is 10.6 Å². The van der Waals surface area contributed by atoms with Crippen LogP contribution in [0.3, 0.4) is 0 Å². The van der Waals surface area contributed by atoms with Crippen LogP contribution in [-0.4, -0.2) is 18.6 Å². The first-order valence-corrected chi connectivity index (χ1v) is 6.54. The van der Waals surface area contributed by atoms with Gasteiger partial charge in [0, 0.05) is 12.2 Å². The Balaban J connectivity index is 1.85. The summed E-state index contributed by atoms with van der Waals surface area (Å²) in [6, 6.07) is 6.43. The summed E-state index contributed by atoms with van der Waals surface area (Å²) in [5.74, 6) is -0.475. The van der Waals surface area contributed by atoms with Gasteiger partial charge >= 0.3 is 12.1 Å². The number of halogens is 3. The van der Waals surface area contributed by atoms with Crippen molar-refractivity contribution in [2.45, 2.75) is 26.1 Å². The summed E-state index contributed by atoms with van der Waals surface area (Å²) in [5, 5.41) is 5.12. The number of benzene rings is 1. The van der Waals surface area contributed by atoms with E-state index in [9.17, 15) is 18.0 Å². The number of carbonyl (C=O) groups excluding carboxylic acids is 1. The van der Waals surface area contributed by atoms with Gasteiger partial charge in [0.2, 0.25) is 0 Å². The maximum absolute atomic E-state index is 12.1. The van der Waals surface area contributed by atoms with E-state index in [0.29, 0.717) is 12.5 Å². The maximum atomic E-state index is 12.1. The van der Waals surface area contributed by atoms with E-state index in [2.05, 4.69) is 12.2 Å². The Morgan fingerprint density at radius 2 is 2.10 bits per heavy atom. The van der Waals surface area contributed by atoms with Crippen LogP contribution in [0.25, 0.3) is 0 Å². The average Bonchev–Trinajstić information content (AvgIpc) is 3.04. The van der Waals surface area contributed by atoms with Gasteiger partial charge in [-0.25, -0.2) is 0 Å². The third kappa shape index (κ3) is 4.23. The number of hydrogen-bond acceptors (Lipinski definition) is 2. The normalized spacial score (nSPS) is 21.6. The highest BCUT2D eigenvalue weighted by molar-refractivity contribution is 5.94. The van der Waals surface area contributed by atoms with Crippen molar-refractivity contribution in [3.05, 3.63) is 29.8 Å². The number of anilines is 1. The van der Waals surface area contributed by atoms with Gasteiger partial charge in [0.1, 0.15) is 0 Å². The van der Waals surface area contributed by atoms with Crippen molar-refractivity contribution in [3.8, 4) is 0 Å². The molecule has 2 unspecified atom stereocenters. The number of hydrogen-bond donors (Lipinski definition) is 2. The molecule has 2 atom stereocenters. The van der Waals surface area contributed by atoms with E-state index in [1.165, 1.54) is 12.5 Å². The highest BCUT2D eigenvalue weighted by atomic mass is 19.4. The highest BCUT2D eigenvalue weighted by Crippen LogP contribution is 2.36. The van der Waals surface area contributed by atoms with Crippen LogP contribution in [0.5, 0.6) is 0 Å². The minimum atomic E-state index is -4.86. The van der Waals surface area contributed by atoms with E-state index in [0.717, 1.165) is 18.0 Å². The molecule has 0 aromatic heterocycles. The average molecular weight is 286 g/mol. The lowest BCUT2D eigenvalue weighted by molar-refractivity contribution is -0.167. The molecule has 1 aliphatic carbocycles. The van der Waals surface area contributed by atoms with Crippen LogP contribution in [0, 0.1) is 11.8 Å². The number of nitrogens with one attached hydrogen (secondary N) is 2. The minimum absolute atomic E-state index is 0.159. The van der Waals surface area contributed by atoms with Gasteiger partial charge in [0.25, 0.3) is 0 Å². The monoisotopic (exact) mass is 286 g/mol. The molecule has 6 heteroatoms. The van der Waals surface area contributed by atoms with Crippen molar-refractivity contribution in [3.63, 3.8) is 0 Å². The maximum Gasteiger partial charge on any atom is 0.471 e. The standard InChI is InChI=1S/C14H17F3N2O/c1-9-5-11(9)8-18-7-10-3-2-4-12(6-10)19-13(20)14(15,16)17/h2-4,6,9,11,18H,5,7-8H2,1H3,(H,19,20). The Morgan fingerprint density at radius 3 is 2.70 bits per heavy atom. The Kier molecular flexibility index (Phi) is 4.32. The van der Waals surface area contributed by atoms with Crippen LogP contribution in [0.1, 0.15) is 18.9 Å². The summed E-state index contributed by atoms with van der Waals surface area (Å²) in [6.45, 7) is 3.69. The smallest absolute Gasteiger partial charge is 0.318 e. The van der Waals surface area contributed by atoms with Crippen LogP contribution < -0.4 is 10.6 Å². The predicted octanol–water partition coefficient (Wildman–Crippen LogP) is 2.93. The molecule has 3 nitrogen and oxygen atoms in total. The van der Waals surface area contributed by atoms with Crippen molar-refractivity contribution in [1.82, 2.24) is 5.32 Å². The quantitative estimate of drug-likeness (QED) is 0.874. The molecule has 1 amide bonds. The molecule has 0 bridgehead atoms. The van der Waals surface area contributed by atoms with Crippen molar-refractivity contribution >= 4 is 11.6 Å². The lowest BCUT2D eigenvalue weighted by Crippen LogP contribution is -2.30. The van der Waals surface area contributed by atoms with Gasteiger partial charge in [-0.15, -0.1) is 0 Å².